The van der Waals surface area contributed by atoms with Crippen LogP contribution in [-0.4, -0.2) is 31.1 Å². The minimum absolute atomic E-state index is 0.838. The lowest BCUT2D eigenvalue weighted by Gasteiger charge is -2.14. The highest BCUT2D eigenvalue weighted by atomic mass is 16.5. The Morgan fingerprint density at radius 1 is 1.05 bits per heavy atom. The number of benzene rings is 1. The number of likely N-dealkylation sites (tertiary alicyclic amines) is 1. The highest BCUT2D eigenvalue weighted by Crippen LogP contribution is 2.15. The highest BCUT2D eigenvalue weighted by Gasteiger charge is 2.10. The van der Waals surface area contributed by atoms with Gasteiger partial charge < -0.3 is 9.64 Å². The summed E-state index contributed by atoms with van der Waals surface area (Å²) in [5.74, 6) is 1.01. The second-order valence-corrected chi connectivity index (χ2v) is 5.50. The van der Waals surface area contributed by atoms with E-state index in [0.29, 0.717) is 0 Å². The summed E-state index contributed by atoms with van der Waals surface area (Å²) in [4.78, 5) is 2.59. The highest BCUT2D eigenvalue weighted by molar-refractivity contribution is 5.27. The molecule has 2 rings (SSSR count). The molecular formula is C17H27NO. The molecule has 1 fully saturated rings. The predicted molar refractivity (Wildman–Crippen MR) is 80.8 cm³/mol. The van der Waals surface area contributed by atoms with Crippen molar-refractivity contribution in [2.75, 3.05) is 26.2 Å². The lowest BCUT2D eigenvalue weighted by molar-refractivity contribution is 0.309. The van der Waals surface area contributed by atoms with Crippen LogP contribution in [0.2, 0.25) is 0 Å². The van der Waals surface area contributed by atoms with Crippen molar-refractivity contribution < 1.29 is 4.74 Å². The number of aryl methyl sites for hydroxylation is 1. The van der Waals surface area contributed by atoms with Gasteiger partial charge in [-0.25, -0.2) is 0 Å². The number of ether oxygens (including phenoxy) is 1. The van der Waals surface area contributed by atoms with E-state index in [-0.39, 0.29) is 0 Å². The summed E-state index contributed by atoms with van der Waals surface area (Å²) in [6.45, 7) is 6.90. The van der Waals surface area contributed by atoms with E-state index < -0.39 is 0 Å². The molecule has 0 spiro atoms. The fraction of sp³-hybridized carbons (Fsp3) is 0.647. The lowest BCUT2D eigenvalue weighted by Crippen LogP contribution is -2.20. The first-order chi connectivity index (χ1) is 9.38. The zero-order chi connectivity index (χ0) is 13.3. The molecular weight excluding hydrogens is 234 g/mol. The molecule has 0 aliphatic carbocycles. The Kier molecular flexibility index (Phi) is 6.22. The van der Waals surface area contributed by atoms with Gasteiger partial charge in [-0.2, -0.15) is 0 Å². The van der Waals surface area contributed by atoms with Gasteiger partial charge in [0.05, 0.1) is 6.61 Å². The van der Waals surface area contributed by atoms with Crippen molar-refractivity contribution in [1.29, 1.82) is 0 Å². The first-order valence-corrected chi connectivity index (χ1v) is 7.82. The molecule has 1 aliphatic heterocycles. The van der Waals surface area contributed by atoms with Gasteiger partial charge in [0.15, 0.2) is 0 Å². The first-order valence-electron chi connectivity index (χ1n) is 7.82. The SMILES string of the molecule is CCCCOc1ccc(CCCN2CCCC2)cc1. The second-order valence-electron chi connectivity index (χ2n) is 5.50. The molecule has 0 atom stereocenters. The molecule has 1 aliphatic rings. The normalized spacial score (nSPS) is 15.8. The minimum Gasteiger partial charge on any atom is -0.494 e. The van der Waals surface area contributed by atoms with Crippen molar-refractivity contribution >= 4 is 0 Å². The van der Waals surface area contributed by atoms with Crippen molar-refractivity contribution in [1.82, 2.24) is 4.90 Å². The van der Waals surface area contributed by atoms with Crippen LogP contribution in [0.5, 0.6) is 5.75 Å². The Bertz CT molecular complexity index is 341. The Balaban J connectivity index is 1.66. The molecule has 0 aromatic heterocycles. The molecule has 0 radical (unpaired) electrons. The largest absolute Gasteiger partial charge is 0.494 e. The third-order valence-electron chi connectivity index (χ3n) is 3.83. The van der Waals surface area contributed by atoms with Crippen LogP contribution in [0.3, 0.4) is 0 Å². The van der Waals surface area contributed by atoms with Gasteiger partial charge in [-0.3, -0.25) is 0 Å². The minimum atomic E-state index is 0.838. The monoisotopic (exact) mass is 261 g/mol. The van der Waals surface area contributed by atoms with Gasteiger partial charge >= 0.3 is 0 Å². The molecule has 106 valence electrons. The lowest BCUT2D eigenvalue weighted by atomic mass is 10.1. The van der Waals surface area contributed by atoms with Crippen LogP contribution in [0, 0.1) is 0 Å². The standard InChI is InChI=1S/C17H27NO/c1-2-3-15-19-17-10-8-16(9-11-17)7-6-14-18-12-4-5-13-18/h8-11H,2-7,12-15H2,1H3. The van der Waals surface area contributed by atoms with E-state index >= 15 is 0 Å². The summed E-state index contributed by atoms with van der Waals surface area (Å²) < 4.78 is 5.68. The van der Waals surface area contributed by atoms with Crippen LogP contribution in [0.25, 0.3) is 0 Å². The van der Waals surface area contributed by atoms with E-state index in [0.717, 1.165) is 18.8 Å². The van der Waals surface area contributed by atoms with Crippen molar-refractivity contribution in [3.05, 3.63) is 29.8 Å². The zero-order valence-corrected chi connectivity index (χ0v) is 12.2. The average Bonchev–Trinajstić information content (AvgIpc) is 2.94. The molecule has 1 aromatic carbocycles. The van der Waals surface area contributed by atoms with Gasteiger partial charge in [-0.05, 0) is 69.4 Å². The molecule has 2 heteroatoms. The molecule has 1 saturated heterocycles. The molecule has 0 unspecified atom stereocenters. The van der Waals surface area contributed by atoms with E-state index in [1.54, 1.807) is 0 Å². The van der Waals surface area contributed by atoms with E-state index in [2.05, 4.69) is 36.1 Å². The number of nitrogens with zero attached hydrogens (tertiary/aromatic N) is 1. The summed E-state index contributed by atoms with van der Waals surface area (Å²) in [5.41, 5.74) is 1.43. The van der Waals surface area contributed by atoms with Crippen LogP contribution in [0.15, 0.2) is 24.3 Å². The Labute approximate surface area is 117 Å². The summed E-state index contributed by atoms with van der Waals surface area (Å²) in [7, 11) is 0. The van der Waals surface area contributed by atoms with E-state index in [9.17, 15) is 0 Å². The smallest absolute Gasteiger partial charge is 0.119 e. The molecule has 0 bridgehead atoms. The molecule has 0 N–H and O–H groups in total. The summed E-state index contributed by atoms with van der Waals surface area (Å²) in [5, 5.41) is 0. The van der Waals surface area contributed by atoms with Crippen LogP contribution in [-0.2, 0) is 6.42 Å². The molecule has 2 nitrogen and oxygen atoms in total. The molecule has 0 amide bonds. The summed E-state index contributed by atoms with van der Waals surface area (Å²) in [6, 6.07) is 8.65. The number of hydrogen-bond acceptors (Lipinski definition) is 2. The van der Waals surface area contributed by atoms with Gasteiger partial charge in [0.25, 0.3) is 0 Å². The Hall–Kier alpha value is -1.02. The maximum atomic E-state index is 5.68. The Morgan fingerprint density at radius 3 is 2.47 bits per heavy atom. The number of hydrogen-bond donors (Lipinski definition) is 0. The van der Waals surface area contributed by atoms with Gasteiger partial charge in [-0.1, -0.05) is 25.5 Å². The zero-order valence-electron chi connectivity index (χ0n) is 12.2. The predicted octanol–water partition coefficient (Wildman–Crippen LogP) is 3.89. The van der Waals surface area contributed by atoms with E-state index in [4.69, 9.17) is 4.74 Å². The second kappa shape index (κ2) is 8.21. The topological polar surface area (TPSA) is 12.5 Å². The van der Waals surface area contributed by atoms with Crippen molar-refractivity contribution in [2.24, 2.45) is 0 Å². The quantitative estimate of drug-likeness (QED) is 0.658. The number of unbranched alkanes of at least 4 members (excludes halogenated alkanes) is 1. The average molecular weight is 261 g/mol. The maximum Gasteiger partial charge on any atom is 0.119 e. The fourth-order valence-corrected chi connectivity index (χ4v) is 2.60. The van der Waals surface area contributed by atoms with Crippen molar-refractivity contribution in [3.63, 3.8) is 0 Å². The third-order valence-corrected chi connectivity index (χ3v) is 3.83. The molecule has 0 saturated carbocycles. The van der Waals surface area contributed by atoms with E-state index in [1.165, 1.54) is 57.3 Å². The van der Waals surface area contributed by atoms with Crippen LogP contribution >= 0.6 is 0 Å². The summed E-state index contributed by atoms with van der Waals surface area (Å²) >= 11 is 0. The van der Waals surface area contributed by atoms with Crippen LogP contribution < -0.4 is 4.74 Å². The third kappa shape index (κ3) is 5.23. The van der Waals surface area contributed by atoms with E-state index in [1.807, 2.05) is 0 Å². The molecule has 19 heavy (non-hydrogen) atoms. The van der Waals surface area contributed by atoms with Crippen LogP contribution in [0.1, 0.15) is 44.6 Å². The first kappa shape index (κ1) is 14.4. The van der Waals surface area contributed by atoms with Gasteiger partial charge in [-0.15, -0.1) is 0 Å². The Morgan fingerprint density at radius 2 is 1.79 bits per heavy atom. The molecule has 1 aromatic rings. The maximum absolute atomic E-state index is 5.68. The summed E-state index contributed by atoms with van der Waals surface area (Å²) in [6.07, 6.45) is 7.57. The van der Waals surface area contributed by atoms with Gasteiger partial charge in [0.2, 0.25) is 0 Å². The number of rotatable bonds is 8. The fourth-order valence-electron chi connectivity index (χ4n) is 2.60. The van der Waals surface area contributed by atoms with Crippen molar-refractivity contribution in [3.8, 4) is 5.75 Å². The van der Waals surface area contributed by atoms with Gasteiger partial charge in [0, 0.05) is 0 Å². The van der Waals surface area contributed by atoms with Crippen molar-refractivity contribution in [2.45, 2.75) is 45.4 Å². The van der Waals surface area contributed by atoms with Crippen LogP contribution in [0.4, 0.5) is 0 Å². The molecule has 1 heterocycles. The van der Waals surface area contributed by atoms with Gasteiger partial charge in [0.1, 0.15) is 5.75 Å².